The minimum absolute atomic E-state index is 0. The van der Waals surface area contributed by atoms with Gasteiger partial charge in [-0.05, 0) is 54.1 Å². The maximum Gasteiger partial charge on any atom is 0.253 e. The van der Waals surface area contributed by atoms with Crippen molar-refractivity contribution in [3.8, 4) is 28.3 Å². The normalized spacial score (nSPS) is 13.7. The van der Waals surface area contributed by atoms with Gasteiger partial charge in [0, 0.05) is 54.2 Å². The van der Waals surface area contributed by atoms with Crippen LogP contribution < -0.4 is 4.74 Å². The van der Waals surface area contributed by atoms with E-state index >= 15 is 0 Å². The van der Waals surface area contributed by atoms with Crippen LogP contribution in [0.15, 0.2) is 109 Å². The Bertz CT molecular complexity index is 1790. The number of piperidine rings is 1. The van der Waals surface area contributed by atoms with Crippen LogP contribution in [0.4, 0.5) is 0 Å². The number of benzene rings is 4. The van der Waals surface area contributed by atoms with Crippen LogP contribution in [0.3, 0.4) is 0 Å². The largest absolute Gasteiger partial charge is 0.490 e. The number of fused-ring (bicyclic) bond motifs is 2. The van der Waals surface area contributed by atoms with Gasteiger partial charge < -0.3 is 14.6 Å². The smallest absolute Gasteiger partial charge is 0.253 e. The Morgan fingerprint density at radius 1 is 0.780 bits per heavy atom. The Balaban J connectivity index is 0.00000302. The Hall–Kier alpha value is -4.68. The summed E-state index contributed by atoms with van der Waals surface area (Å²) in [5.74, 6) is 1.66. The van der Waals surface area contributed by atoms with Crippen molar-refractivity contribution in [2.45, 2.75) is 18.9 Å². The highest BCUT2D eigenvalue weighted by atomic mass is 35.5. The number of likely N-dealkylation sites (tertiary alicyclic amines) is 1. The molecule has 4 aromatic carbocycles. The molecule has 2 aromatic heterocycles. The Morgan fingerprint density at radius 2 is 1.54 bits per heavy atom. The Kier molecular flexibility index (Phi) is 7.40. The lowest BCUT2D eigenvalue weighted by Crippen LogP contribution is -2.41. The zero-order chi connectivity index (χ0) is 26.9. The van der Waals surface area contributed by atoms with Gasteiger partial charge in [0.05, 0.1) is 16.6 Å². The number of hydrogen-bond donors (Lipinski definition) is 1. The van der Waals surface area contributed by atoms with Gasteiger partial charge in [-0.15, -0.1) is 12.4 Å². The summed E-state index contributed by atoms with van der Waals surface area (Å²) in [7, 11) is 0. The van der Waals surface area contributed by atoms with Gasteiger partial charge in [0.15, 0.2) is 0 Å². The topological polar surface area (TPSA) is 71.1 Å². The number of hydrogen-bond acceptors (Lipinski definition) is 4. The van der Waals surface area contributed by atoms with Crippen LogP contribution >= 0.6 is 12.4 Å². The van der Waals surface area contributed by atoms with Crippen LogP contribution in [0.1, 0.15) is 23.2 Å². The van der Waals surface area contributed by atoms with Crippen molar-refractivity contribution >= 4 is 40.3 Å². The molecule has 0 spiro atoms. The summed E-state index contributed by atoms with van der Waals surface area (Å²) in [5, 5.41) is 1.13. The molecule has 1 N–H and O–H groups in total. The molecule has 0 bridgehead atoms. The standard InChI is InChI=1S/C34H28N4O2.ClH/c39-34(26-8-5-7-25(21-26)33-36-31-10-3-4-11-32(31)37-33)38-18-16-29(17-19-38)40-28-14-12-23(13-15-28)27-20-24-6-1-2-9-30(24)35-22-27;/h1-15,20-22,29H,16-19H2,(H,36,37);1H. The first-order valence-corrected chi connectivity index (χ1v) is 13.7. The number of aromatic amines is 1. The van der Waals surface area contributed by atoms with E-state index in [1.807, 2.05) is 90.0 Å². The van der Waals surface area contributed by atoms with Crippen LogP contribution in [0.2, 0.25) is 0 Å². The highest BCUT2D eigenvalue weighted by Crippen LogP contribution is 2.27. The summed E-state index contributed by atoms with van der Waals surface area (Å²) >= 11 is 0. The number of carbonyl (C=O) groups excluding carboxylic acids is 1. The lowest BCUT2D eigenvalue weighted by atomic mass is 10.0. The first kappa shape index (κ1) is 26.5. The van der Waals surface area contributed by atoms with Gasteiger partial charge in [-0.2, -0.15) is 0 Å². The zero-order valence-corrected chi connectivity index (χ0v) is 23.2. The third-order valence-electron chi connectivity index (χ3n) is 7.58. The fraction of sp³-hybridized carbons (Fsp3) is 0.147. The number of aromatic nitrogens is 3. The molecule has 204 valence electrons. The fourth-order valence-electron chi connectivity index (χ4n) is 5.40. The molecule has 1 aliphatic heterocycles. The average Bonchev–Trinajstić information content (AvgIpc) is 3.46. The van der Waals surface area contributed by atoms with E-state index < -0.39 is 0 Å². The van der Waals surface area contributed by atoms with Crippen LogP contribution in [0.25, 0.3) is 44.5 Å². The van der Waals surface area contributed by atoms with E-state index in [2.05, 4.69) is 39.2 Å². The maximum absolute atomic E-state index is 13.3. The molecule has 7 heteroatoms. The minimum Gasteiger partial charge on any atom is -0.490 e. The molecule has 0 radical (unpaired) electrons. The van der Waals surface area contributed by atoms with Gasteiger partial charge in [0.1, 0.15) is 17.7 Å². The second-order valence-electron chi connectivity index (χ2n) is 10.2. The number of amides is 1. The minimum atomic E-state index is 0. The van der Waals surface area contributed by atoms with Crippen LogP contribution in [-0.4, -0.2) is 45.0 Å². The van der Waals surface area contributed by atoms with E-state index in [0.29, 0.717) is 18.7 Å². The first-order valence-electron chi connectivity index (χ1n) is 13.7. The second-order valence-corrected chi connectivity index (χ2v) is 10.2. The number of nitrogens with one attached hydrogen (secondary N) is 1. The zero-order valence-electron chi connectivity index (χ0n) is 22.4. The van der Waals surface area contributed by atoms with Crippen molar-refractivity contribution in [1.29, 1.82) is 0 Å². The summed E-state index contributed by atoms with van der Waals surface area (Å²) in [6.45, 7) is 1.33. The molecule has 6 aromatic rings. The summed E-state index contributed by atoms with van der Waals surface area (Å²) in [6.07, 6.45) is 3.59. The molecule has 41 heavy (non-hydrogen) atoms. The predicted octanol–water partition coefficient (Wildman–Crippen LogP) is 7.55. The quantitative estimate of drug-likeness (QED) is 0.236. The molecule has 1 saturated heterocycles. The van der Waals surface area contributed by atoms with E-state index in [1.54, 1.807) is 0 Å². The van der Waals surface area contributed by atoms with Crippen molar-refractivity contribution in [3.05, 3.63) is 115 Å². The predicted molar refractivity (Wildman–Crippen MR) is 166 cm³/mol. The number of para-hydroxylation sites is 3. The van der Waals surface area contributed by atoms with Gasteiger partial charge in [0.25, 0.3) is 5.91 Å². The van der Waals surface area contributed by atoms with Gasteiger partial charge >= 0.3 is 0 Å². The number of imidazole rings is 1. The monoisotopic (exact) mass is 560 g/mol. The van der Waals surface area contributed by atoms with Crippen molar-refractivity contribution in [2.24, 2.45) is 0 Å². The van der Waals surface area contributed by atoms with E-state index in [1.165, 1.54) is 0 Å². The van der Waals surface area contributed by atoms with Gasteiger partial charge in [-0.1, -0.05) is 54.6 Å². The number of H-pyrrole nitrogens is 1. The molecule has 0 aliphatic carbocycles. The number of pyridine rings is 1. The molecular formula is C34H29ClN4O2. The number of ether oxygens (including phenoxy) is 1. The SMILES string of the molecule is Cl.O=C(c1cccc(-c2nc3ccccc3[nH]2)c1)N1CCC(Oc2ccc(-c3cnc4ccccc4c3)cc2)CC1. The summed E-state index contributed by atoms with van der Waals surface area (Å²) in [4.78, 5) is 27.9. The van der Waals surface area contributed by atoms with Crippen molar-refractivity contribution < 1.29 is 9.53 Å². The molecule has 0 saturated carbocycles. The molecule has 7 rings (SSSR count). The lowest BCUT2D eigenvalue weighted by Gasteiger charge is -2.32. The molecule has 1 amide bonds. The van der Waals surface area contributed by atoms with Crippen LogP contribution in [0.5, 0.6) is 5.75 Å². The molecule has 0 unspecified atom stereocenters. The number of halogens is 1. The molecule has 1 aliphatic rings. The van der Waals surface area contributed by atoms with E-state index in [0.717, 1.165) is 63.0 Å². The summed E-state index contributed by atoms with van der Waals surface area (Å²) in [6, 6.07) is 34.1. The molecule has 0 atom stereocenters. The molecular weight excluding hydrogens is 532 g/mol. The van der Waals surface area contributed by atoms with E-state index in [-0.39, 0.29) is 24.4 Å². The lowest BCUT2D eigenvalue weighted by molar-refractivity contribution is 0.0595. The third-order valence-corrected chi connectivity index (χ3v) is 7.58. The van der Waals surface area contributed by atoms with Gasteiger partial charge in [-0.25, -0.2) is 4.98 Å². The average molecular weight is 561 g/mol. The number of nitrogens with zero attached hydrogens (tertiary/aromatic N) is 3. The second kappa shape index (κ2) is 11.4. The van der Waals surface area contributed by atoms with Crippen LogP contribution in [-0.2, 0) is 0 Å². The number of carbonyl (C=O) groups is 1. The molecule has 6 nitrogen and oxygen atoms in total. The highest BCUT2D eigenvalue weighted by molar-refractivity contribution is 5.95. The van der Waals surface area contributed by atoms with Gasteiger partial charge in [0.2, 0.25) is 0 Å². The van der Waals surface area contributed by atoms with Crippen molar-refractivity contribution in [2.75, 3.05) is 13.1 Å². The van der Waals surface area contributed by atoms with Gasteiger partial charge in [-0.3, -0.25) is 9.78 Å². The first-order chi connectivity index (χ1) is 19.7. The van der Waals surface area contributed by atoms with Crippen molar-refractivity contribution in [3.63, 3.8) is 0 Å². The third kappa shape index (κ3) is 5.52. The maximum atomic E-state index is 13.3. The summed E-state index contributed by atoms with van der Waals surface area (Å²) < 4.78 is 6.29. The van der Waals surface area contributed by atoms with Crippen molar-refractivity contribution in [1.82, 2.24) is 19.9 Å². The van der Waals surface area contributed by atoms with Crippen LogP contribution in [0, 0.1) is 0 Å². The molecule has 3 heterocycles. The molecule has 1 fully saturated rings. The Labute approximate surface area is 244 Å². The highest BCUT2D eigenvalue weighted by Gasteiger charge is 2.25. The summed E-state index contributed by atoms with van der Waals surface area (Å²) in [5.41, 5.74) is 6.67. The Morgan fingerprint density at radius 3 is 2.34 bits per heavy atom. The fourth-order valence-corrected chi connectivity index (χ4v) is 5.40. The van der Waals surface area contributed by atoms with E-state index in [9.17, 15) is 4.79 Å². The number of rotatable bonds is 5. The van der Waals surface area contributed by atoms with E-state index in [4.69, 9.17) is 4.74 Å².